The third-order valence-electron chi connectivity index (χ3n) is 6.59. The van der Waals surface area contributed by atoms with Gasteiger partial charge in [0.1, 0.15) is 19.3 Å². The van der Waals surface area contributed by atoms with Crippen LogP contribution in [0.1, 0.15) is 123 Å². The molecule has 0 aliphatic carbocycles. The van der Waals surface area contributed by atoms with E-state index in [0.717, 1.165) is 19.3 Å². The molecule has 9 nitrogen and oxygen atoms in total. The van der Waals surface area contributed by atoms with Crippen molar-refractivity contribution in [2.45, 2.75) is 129 Å². The molecule has 39 heavy (non-hydrogen) atoms. The molecule has 0 saturated carbocycles. The largest absolute Gasteiger partial charge is 0.472 e. The van der Waals surface area contributed by atoms with E-state index in [2.05, 4.69) is 17.6 Å². The molecule has 0 rings (SSSR count). The highest BCUT2D eigenvalue weighted by Crippen LogP contribution is 2.44. The Balaban J connectivity index is 4.16. The van der Waals surface area contributed by atoms with Crippen LogP contribution in [0, 0.1) is 0 Å². The van der Waals surface area contributed by atoms with Crippen molar-refractivity contribution < 1.29 is 32.6 Å². The van der Waals surface area contributed by atoms with Crippen LogP contribution >= 0.6 is 7.82 Å². The van der Waals surface area contributed by atoms with Crippen LogP contribution in [0.4, 0.5) is 0 Å². The molecule has 0 bridgehead atoms. The van der Waals surface area contributed by atoms with Crippen LogP contribution in [0.25, 0.3) is 0 Å². The van der Waals surface area contributed by atoms with Gasteiger partial charge in [-0.15, -0.1) is 0 Å². The number of hydrogen-bond donors (Lipinski definition) is 3. The normalized spacial score (nSPS) is 14.1. The van der Waals surface area contributed by atoms with Gasteiger partial charge in [-0.1, -0.05) is 97.3 Å². The number of phosphoric acid groups is 1. The van der Waals surface area contributed by atoms with Gasteiger partial charge in [0.15, 0.2) is 0 Å². The molecule has 2 unspecified atom stereocenters. The van der Waals surface area contributed by atoms with E-state index in [1.165, 1.54) is 70.6 Å². The van der Waals surface area contributed by atoms with Gasteiger partial charge < -0.3 is 20.0 Å². The van der Waals surface area contributed by atoms with Crippen molar-refractivity contribution in [3.8, 4) is 0 Å². The summed E-state index contributed by atoms with van der Waals surface area (Å²) < 4.78 is 23.4. The molecule has 0 fully saturated rings. The summed E-state index contributed by atoms with van der Waals surface area (Å²) in [6, 6.07) is 0. The molecule has 2 amide bonds. The Morgan fingerprint density at radius 1 is 0.718 bits per heavy atom. The predicted octanol–water partition coefficient (Wildman–Crippen LogP) is 6.10. The summed E-state index contributed by atoms with van der Waals surface area (Å²) in [5.41, 5.74) is 0. The molecular formula is C29H61N3O6P+. The Morgan fingerprint density at radius 2 is 1.15 bits per heavy atom. The fourth-order valence-corrected chi connectivity index (χ4v) is 5.03. The molecule has 0 aromatic rings. The number of likely N-dealkylation sites (N-methyl/N-ethyl adjacent to an activating group) is 1. The SMILES string of the molecule is CCCCCCCCCCCCCCCCC(=O)NCC(CNC(=O)CCC)OP(=O)(O)OCC[N+](C)(C)C. The number of unbranched alkanes of at least 4 members (excludes halogenated alkanes) is 13. The van der Waals surface area contributed by atoms with Gasteiger partial charge in [-0.25, -0.2) is 4.57 Å². The van der Waals surface area contributed by atoms with Crippen molar-refractivity contribution in [1.29, 1.82) is 0 Å². The van der Waals surface area contributed by atoms with Crippen LogP contribution in [-0.2, 0) is 23.2 Å². The second kappa shape index (κ2) is 23.7. The second-order valence-corrected chi connectivity index (χ2v) is 13.2. The number of rotatable bonds is 27. The van der Waals surface area contributed by atoms with Crippen molar-refractivity contribution in [2.24, 2.45) is 0 Å². The predicted molar refractivity (Wildman–Crippen MR) is 159 cm³/mol. The van der Waals surface area contributed by atoms with E-state index < -0.39 is 13.9 Å². The van der Waals surface area contributed by atoms with Gasteiger partial charge in [0, 0.05) is 25.9 Å². The van der Waals surface area contributed by atoms with Gasteiger partial charge in [-0.2, -0.15) is 0 Å². The van der Waals surface area contributed by atoms with Gasteiger partial charge in [0.25, 0.3) is 0 Å². The Bertz CT molecular complexity index is 672. The Kier molecular flexibility index (Phi) is 23.1. The molecule has 2 atom stereocenters. The third-order valence-corrected chi connectivity index (χ3v) is 7.66. The lowest BCUT2D eigenvalue weighted by Gasteiger charge is -2.25. The maximum atomic E-state index is 12.4. The van der Waals surface area contributed by atoms with Crippen LogP contribution in [0.2, 0.25) is 0 Å². The average molecular weight is 579 g/mol. The number of carbonyl (C=O) groups is 2. The van der Waals surface area contributed by atoms with E-state index in [4.69, 9.17) is 9.05 Å². The Labute approximate surface area is 239 Å². The Hall–Kier alpha value is -0.990. The van der Waals surface area contributed by atoms with Gasteiger partial charge >= 0.3 is 7.82 Å². The molecular weight excluding hydrogens is 517 g/mol. The van der Waals surface area contributed by atoms with Crippen LogP contribution in [0.5, 0.6) is 0 Å². The van der Waals surface area contributed by atoms with Gasteiger partial charge in [0.05, 0.1) is 21.1 Å². The minimum atomic E-state index is -4.34. The molecule has 0 radical (unpaired) electrons. The summed E-state index contributed by atoms with van der Waals surface area (Å²) in [6.45, 7) is 4.77. The zero-order valence-corrected chi connectivity index (χ0v) is 26.7. The molecule has 0 aliphatic rings. The zero-order valence-electron chi connectivity index (χ0n) is 25.8. The highest BCUT2D eigenvalue weighted by Gasteiger charge is 2.28. The van der Waals surface area contributed by atoms with Crippen LogP contribution in [-0.4, -0.2) is 74.7 Å². The molecule has 3 N–H and O–H groups in total. The lowest BCUT2D eigenvalue weighted by atomic mass is 10.0. The first-order valence-electron chi connectivity index (χ1n) is 15.5. The van der Waals surface area contributed by atoms with E-state index in [9.17, 15) is 19.0 Å². The fraction of sp³-hybridized carbons (Fsp3) is 0.931. The lowest BCUT2D eigenvalue weighted by molar-refractivity contribution is -0.870. The maximum Gasteiger partial charge on any atom is 0.472 e. The highest BCUT2D eigenvalue weighted by molar-refractivity contribution is 7.47. The van der Waals surface area contributed by atoms with E-state index in [0.29, 0.717) is 30.3 Å². The van der Waals surface area contributed by atoms with E-state index in [-0.39, 0.29) is 31.5 Å². The standard InChI is InChI=1S/C29H60N3O6P/c1-6-8-9-10-11-12-13-14-15-16-17-18-19-20-22-29(34)31-26-27(25-30-28(33)21-7-2)38-39(35,36)37-24-23-32(3,4)5/h27H,6-26H2,1-5H3,(H2-,30,31,33,34,35,36)/p+1. The average Bonchev–Trinajstić information content (AvgIpc) is 2.85. The molecule has 0 heterocycles. The molecule has 10 heteroatoms. The van der Waals surface area contributed by atoms with Gasteiger partial charge in [-0.3, -0.25) is 18.6 Å². The summed E-state index contributed by atoms with van der Waals surface area (Å²) in [4.78, 5) is 34.3. The van der Waals surface area contributed by atoms with Crippen LogP contribution in [0.15, 0.2) is 0 Å². The van der Waals surface area contributed by atoms with Crippen LogP contribution in [0.3, 0.4) is 0 Å². The first-order chi connectivity index (χ1) is 18.5. The van der Waals surface area contributed by atoms with E-state index >= 15 is 0 Å². The molecule has 0 aromatic carbocycles. The van der Waals surface area contributed by atoms with Crippen molar-refractivity contribution in [3.63, 3.8) is 0 Å². The summed E-state index contributed by atoms with van der Waals surface area (Å²) in [7, 11) is 1.52. The first-order valence-corrected chi connectivity index (χ1v) is 17.0. The molecule has 0 aliphatic heterocycles. The van der Waals surface area contributed by atoms with E-state index in [1.807, 2.05) is 28.1 Å². The van der Waals surface area contributed by atoms with Gasteiger partial charge in [-0.05, 0) is 12.8 Å². The lowest BCUT2D eigenvalue weighted by Crippen LogP contribution is -2.41. The number of carbonyl (C=O) groups excluding carboxylic acids is 2. The van der Waals surface area contributed by atoms with Crippen LogP contribution < -0.4 is 10.6 Å². The molecule has 0 aromatic heterocycles. The second-order valence-electron chi connectivity index (χ2n) is 11.7. The highest BCUT2D eigenvalue weighted by atomic mass is 31.2. The minimum absolute atomic E-state index is 0.0151. The number of quaternary nitrogens is 1. The number of hydrogen-bond acceptors (Lipinski definition) is 5. The molecule has 232 valence electrons. The van der Waals surface area contributed by atoms with Crippen molar-refractivity contribution in [2.75, 3.05) is 47.4 Å². The number of phosphoric ester groups is 1. The van der Waals surface area contributed by atoms with Crippen molar-refractivity contribution in [1.82, 2.24) is 10.6 Å². The smallest absolute Gasteiger partial charge is 0.353 e. The summed E-state index contributed by atoms with van der Waals surface area (Å²) in [6.07, 6.45) is 18.2. The Morgan fingerprint density at radius 3 is 1.59 bits per heavy atom. The molecule has 0 saturated heterocycles. The number of nitrogens with one attached hydrogen (secondary N) is 2. The zero-order chi connectivity index (χ0) is 29.4. The quantitative estimate of drug-likeness (QED) is 0.0617. The maximum absolute atomic E-state index is 12.4. The fourth-order valence-electron chi connectivity index (χ4n) is 4.13. The molecule has 0 spiro atoms. The minimum Gasteiger partial charge on any atom is -0.353 e. The van der Waals surface area contributed by atoms with Gasteiger partial charge in [0.2, 0.25) is 11.8 Å². The summed E-state index contributed by atoms with van der Waals surface area (Å²) >= 11 is 0. The van der Waals surface area contributed by atoms with Crippen molar-refractivity contribution >= 4 is 19.6 Å². The number of nitrogens with zero attached hydrogens (tertiary/aromatic N) is 1. The topological polar surface area (TPSA) is 114 Å². The third kappa shape index (κ3) is 27.0. The summed E-state index contributed by atoms with van der Waals surface area (Å²) in [5, 5.41) is 5.48. The first kappa shape index (κ1) is 38.0. The van der Waals surface area contributed by atoms with E-state index in [1.54, 1.807) is 0 Å². The van der Waals surface area contributed by atoms with Crippen molar-refractivity contribution in [3.05, 3.63) is 0 Å². The monoisotopic (exact) mass is 578 g/mol. The summed E-state index contributed by atoms with van der Waals surface area (Å²) in [5.74, 6) is -0.292. The number of amides is 2.